The summed E-state index contributed by atoms with van der Waals surface area (Å²) in [4.78, 5) is 0. The lowest BCUT2D eigenvalue weighted by molar-refractivity contribution is 1.92. The lowest BCUT2D eigenvalue weighted by Gasteiger charge is -2.06. The number of hydrogen-bond donors (Lipinski definition) is 0. The monoisotopic (exact) mass is 440 g/mol. The van der Waals surface area contributed by atoms with Gasteiger partial charge in [-0.2, -0.15) is 5.82 Å². The van der Waals surface area contributed by atoms with Crippen LogP contribution in [0.25, 0.3) is 0 Å². The molecule has 0 atom stereocenters. The third kappa shape index (κ3) is 16.3. The minimum Gasteiger partial charge on any atom is -0.154 e. The van der Waals surface area contributed by atoms with E-state index in [2.05, 4.69) is 165 Å². The molecule has 0 aliphatic heterocycles. The molecule has 36 heavy (non-hydrogen) atoms. The lowest BCUT2D eigenvalue weighted by atomic mass is 8.89. The minimum absolute atomic E-state index is 0.632. The zero-order valence-electron chi connectivity index (χ0n) is 19.9. The first kappa shape index (κ1) is 29.6. The number of rotatable bonds is 2. The molecule has 0 spiro atoms. The maximum Gasteiger partial charge on any atom is 0.295 e. The van der Waals surface area contributed by atoms with Gasteiger partial charge in [0.15, 0.2) is 0 Å². The number of hydrogen-bond acceptors (Lipinski definition) is 0. The average Bonchev–Trinajstić information content (AvgIpc) is 2.89. The van der Waals surface area contributed by atoms with Crippen molar-refractivity contribution >= 4 is 19.7 Å². The Morgan fingerprint density at radius 2 is 0.611 bits per heavy atom. The second kappa shape index (κ2) is 23.3. The molecule has 0 aromatic heterocycles. The van der Waals surface area contributed by atoms with Crippen molar-refractivity contribution in [1.29, 1.82) is 0 Å². The third-order valence-electron chi connectivity index (χ3n) is 3.20. The zero-order valence-corrected chi connectivity index (χ0v) is 19.9. The fourth-order valence-corrected chi connectivity index (χ4v) is 1.87. The van der Waals surface area contributed by atoms with Crippen LogP contribution in [0.15, 0.2) is 0 Å². The van der Waals surface area contributed by atoms with Crippen molar-refractivity contribution in [2.45, 2.75) is 20.8 Å². The lowest BCUT2D eigenvalue weighted by Crippen LogP contribution is -2.46. The van der Waals surface area contributed by atoms with Crippen molar-refractivity contribution in [3.63, 3.8) is 0 Å². The van der Waals surface area contributed by atoms with Gasteiger partial charge in [0.25, 0.3) is 13.2 Å². The Hall–Kier alpha value is -6.41. The Bertz CT molecular complexity index is 1670. The van der Waals surface area contributed by atoms with Crippen LogP contribution in [0.5, 0.6) is 0 Å². The summed E-state index contributed by atoms with van der Waals surface area (Å²) in [5.74, 6) is 74.6. The maximum atomic E-state index is 5.17. The molecule has 3 heteroatoms. The SMILES string of the molecule is C#CC#CC#CB(C#CC#CC#C)B(C#CC#CC#CC)B(C#CC#CC#CC)C#CC#CC#CC. The summed E-state index contributed by atoms with van der Waals surface area (Å²) in [5.41, 5.74) is 0. The molecule has 0 amide bonds. The van der Waals surface area contributed by atoms with Crippen molar-refractivity contribution in [3.8, 4) is 178 Å². The molecule has 0 saturated carbocycles. The second-order valence-corrected chi connectivity index (χ2v) is 5.49. The van der Waals surface area contributed by atoms with Crippen molar-refractivity contribution in [3.05, 3.63) is 0 Å². The first-order chi connectivity index (χ1) is 17.7. The molecule has 0 fully saturated rings. The van der Waals surface area contributed by atoms with E-state index in [4.69, 9.17) is 12.8 Å². The summed E-state index contributed by atoms with van der Waals surface area (Å²) >= 11 is 0. The average molecular weight is 440 g/mol. The van der Waals surface area contributed by atoms with Crippen LogP contribution in [0.1, 0.15) is 20.8 Å². The van der Waals surface area contributed by atoms with Gasteiger partial charge in [0.05, 0.1) is 0 Å². The molecule has 0 nitrogen and oxygen atoms in total. The highest BCUT2D eigenvalue weighted by Crippen LogP contribution is 1.96. The summed E-state index contributed by atoms with van der Waals surface area (Å²) in [6.07, 6.45) is 10.3. The van der Waals surface area contributed by atoms with E-state index in [0.29, 0.717) is 0 Å². The van der Waals surface area contributed by atoms with Crippen molar-refractivity contribution in [2.75, 3.05) is 0 Å². The first-order valence-electron chi connectivity index (χ1n) is 9.94. The molecule has 0 bridgehead atoms. The zero-order chi connectivity index (χ0) is 26.5. The predicted molar refractivity (Wildman–Crippen MR) is 153 cm³/mol. The minimum atomic E-state index is -0.684. The summed E-state index contributed by atoms with van der Waals surface area (Å²) in [7, 11) is 0. The van der Waals surface area contributed by atoms with Crippen LogP contribution < -0.4 is 0 Å². The summed E-state index contributed by atoms with van der Waals surface area (Å²) in [6, 6.07) is 0. The van der Waals surface area contributed by atoms with E-state index in [-0.39, 0.29) is 0 Å². The van der Waals surface area contributed by atoms with E-state index in [0.717, 1.165) is 0 Å². The van der Waals surface area contributed by atoms with Crippen LogP contribution in [0.3, 0.4) is 0 Å². The molecule has 0 saturated heterocycles. The topological polar surface area (TPSA) is 0 Å². The van der Waals surface area contributed by atoms with Gasteiger partial charge in [-0.25, -0.2) is 0 Å². The van der Waals surface area contributed by atoms with E-state index in [1.54, 1.807) is 20.8 Å². The molecule has 0 heterocycles. The van der Waals surface area contributed by atoms with Crippen LogP contribution in [-0.2, 0) is 0 Å². The fraction of sp³-hybridized carbons (Fsp3) is 0.0909. The van der Waals surface area contributed by atoms with Gasteiger partial charge in [0.2, 0.25) is 6.49 Å². The van der Waals surface area contributed by atoms with E-state index in [9.17, 15) is 0 Å². The van der Waals surface area contributed by atoms with Gasteiger partial charge in [-0.05, 0) is 139 Å². The maximum absolute atomic E-state index is 5.17. The highest BCUT2D eigenvalue weighted by Gasteiger charge is 2.36. The van der Waals surface area contributed by atoms with Gasteiger partial charge < -0.3 is 0 Å². The van der Waals surface area contributed by atoms with E-state index >= 15 is 0 Å². The highest BCUT2D eigenvalue weighted by atomic mass is 13.6. The van der Waals surface area contributed by atoms with E-state index in [1.807, 2.05) is 0 Å². The first-order valence-corrected chi connectivity index (χ1v) is 9.94. The molecule has 152 valence electrons. The van der Waals surface area contributed by atoms with Gasteiger partial charge in [-0.1, -0.05) is 17.8 Å². The quantitative estimate of drug-likeness (QED) is 0.439. The van der Waals surface area contributed by atoms with Crippen LogP contribution in [0.2, 0.25) is 0 Å². The molecule has 0 N–H and O–H groups in total. The smallest absolute Gasteiger partial charge is 0.154 e. The van der Waals surface area contributed by atoms with Crippen molar-refractivity contribution in [2.24, 2.45) is 0 Å². The van der Waals surface area contributed by atoms with Crippen LogP contribution >= 0.6 is 0 Å². The Morgan fingerprint density at radius 3 is 0.917 bits per heavy atom. The third-order valence-corrected chi connectivity index (χ3v) is 3.20. The van der Waals surface area contributed by atoms with Crippen LogP contribution in [-0.4, -0.2) is 19.7 Å². The molecule has 0 aromatic carbocycles. The Labute approximate surface area is 218 Å². The normalized spacial score (nSPS) is 4.92. The van der Waals surface area contributed by atoms with Crippen molar-refractivity contribution < 1.29 is 0 Å². The largest absolute Gasteiger partial charge is 0.295 e. The second-order valence-electron chi connectivity index (χ2n) is 5.49. The summed E-state index contributed by atoms with van der Waals surface area (Å²) in [6.45, 7) is 3.05. The predicted octanol–water partition coefficient (Wildman–Crippen LogP) is 0.694. The molecule has 0 aromatic rings. The molecular weight excluding hydrogens is 429 g/mol. The van der Waals surface area contributed by atoms with Gasteiger partial charge >= 0.3 is 0 Å². The molecular formula is C33H11B3. The Kier molecular flexibility index (Phi) is 19.1. The summed E-state index contributed by atoms with van der Waals surface area (Å²) < 4.78 is 0. The van der Waals surface area contributed by atoms with Crippen LogP contribution in [0.4, 0.5) is 0 Å². The molecule has 0 aliphatic carbocycles. The van der Waals surface area contributed by atoms with Crippen molar-refractivity contribution in [1.82, 2.24) is 0 Å². The number of terminal acetylenes is 2. The van der Waals surface area contributed by atoms with Gasteiger partial charge in [-0.3, -0.25) is 0 Å². The Morgan fingerprint density at radius 1 is 0.333 bits per heavy atom. The molecule has 0 aliphatic rings. The summed E-state index contributed by atoms with van der Waals surface area (Å²) in [5, 5.41) is 0. The van der Waals surface area contributed by atoms with E-state index in [1.165, 1.54) is 0 Å². The van der Waals surface area contributed by atoms with Gasteiger partial charge in [0.1, 0.15) is 0 Å². The van der Waals surface area contributed by atoms with Gasteiger partial charge in [-0.15, -0.1) is 36.1 Å². The van der Waals surface area contributed by atoms with Gasteiger partial charge in [0, 0.05) is 0 Å². The fourth-order valence-electron chi connectivity index (χ4n) is 1.87. The highest BCUT2D eigenvalue weighted by molar-refractivity contribution is 7.59. The van der Waals surface area contributed by atoms with Crippen LogP contribution in [0, 0.1) is 178 Å². The Balaban J connectivity index is 7.05. The molecule has 0 unspecified atom stereocenters. The molecule has 0 rings (SSSR count). The van der Waals surface area contributed by atoms with E-state index < -0.39 is 19.7 Å². The molecule has 0 radical (unpaired) electrons. The standard InChI is InChI=1S/C33H11B3/c1-6-11-16-21-26-31-35(32-27-22-17-12-7-2)36(33-28-23-18-13-8-3)34(29-24-19-14-9-4)30-25-20-15-10-5/h4-5H,1-3H3.